The predicted molar refractivity (Wildman–Crippen MR) is 83.0 cm³/mol. The Morgan fingerprint density at radius 1 is 1.32 bits per heavy atom. The molecule has 0 saturated carbocycles. The lowest BCUT2D eigenvalue weighted by atomic mass is 10.1. The predicted octanol–water partition coefficient (Wildman–Crippen LogP) is 3.99. The molecule has 1 rings (SSSR count). The van der Waals surface area contributed by atoms with Crippen LogP contribution in [0.2, 0.25) is 0 Å². The van der Waals surface area contributed by atoms with Crippen LogP contribution in [0.25, 0.3) is 0 Å². The fourth-order valence-electron chi connectivity index (χ4n) is 1.76. The van der Waals surface area contributed by atoms with Gasteiger partial charge >= 0.3 is 0 Å². The number of benzene rings is 1. The largest absolute Gasteiger partial charge is 0.493 e. The third-order valence-electron chi connectivity index (χ3n) is 2.69. The van der Waals surface area contributed by atoms with E-state index in [1.807, 2.05) is 12.1 Å². The van der Waals surface area contributed by atoms with Crippen molar-refractivity contribution in [2.45, 2.75) is 33.7 Å². The van der Waals surface area contributed by atoms with Crippen molar-refractivity contribution in [2.24, 2.45) is 5.92 Å². The lowest BCUT2D eigenvalue weighted by Gasteiger charge is -2.17. The number of hydrogen-bond acceptors (Lipinski definition) is 3. The normalized spacial score (nSPS) is 10.8. The molecule has 1 aromatic rings. The molecule has 0 spiro atoms. The molecule has 0 fully saturated rings. The van der Waals surface area contributed by atoms with Crippen molar-refractivity contribution in [3.8, 4) is 11.5 Å². The first kappa shape index (κ1) is 16.3. The number of ether oxygens (including phenoxy) is 2. The van der Waals surface area contributed by atoms with Gasteiger partial charge in [0.1, 0.15) is 0 Å². The van der Waals surface area contributed by atoms with Crippen LogP contribution in [0.1, 0.15) is 32.8 Å². The molecule has 0 aromatic heterocycles. The minimum Gasteiger partial charge on any atom is -0.493 e. The van der Waals surface area contributed by atoms with Gasteiger partial charge in [0, 0.05) is 16.6 Å². The van der Waals surface area contributed by atoms with E-state index >= 15 is 0 Å². The smallest absolute Gasteiger partial charge is 0.166 e. The molecule has 4 heteroatoms. The average molecular weight is 330 g/mol. The van der Waals surface area contributed by atoms with Crippen molar-refractivity contribution in [3.63, 3.8) is 0 Å². The van der Waals surface area contributed by atoms with Gasteiger partial charge in [-0.2, -0.15) is 0 Å². The lowest BCUT2D eigenvalue weighted by Crippen LogP contribution is -2.20. The van der Waals surface area contributed by atoms with E-state index in [0.717, 1.165) is 41.0 Å². The summed E-state index contributed by atoms with van der Waals surface area (Å²) in [5, 5.41) is 3.44. The molecule has 3 nitrogen and oxygen atoms in total. The number of hydrogen-bond donors (Lipinski definition) is 1. The summed E-state index contributed by atoms with van der Waals surface area (Å²) in [4.78, 5) is 0. The van der Waals surface area contributed by atoms with E-state index < -0.39 is 0 Å². The van der Waals surface area contributed by atoms with Gasteiger partial charge in [0.05, 0.1) is 13.7 Å². The molecule has 0 aliphatic carbocycles. The van der Waals surface area contributed by atoms with Gasteiger partial charge in [-0.1, -0.05) is 36.7 Å². The summed E-state index contributed by atoms with van der Waals surface area (Å²) in [6.07, 6.45) is 0.981. The quantitative estimate of drug-likeness (QED) is 0.782. The van der Waals surface area contributed by atoms with E-state index in [9.17, 15) is 0 Å². The first-order valence-corrected chi connectivity index (χ1v) is 7.58. The summed E-state index contributed by atoms with van der Waals surface area (Å²) in [6, 6.07) is 3.94. The summed E-state index contributed by atoms with van der Waals surface area (Å²) in [5.74, 6) is 2.26. The zero-order chi connectivity index (χ0) is 14.3. The monoisotopic (exact) mass is 329 g/mol. The van der Waals surface area contributed by atoms with Gasteiger partial charge in [0.25, 0.3) is 0 Å². The lowest BCUT2D eigenvalue weighted by molar-refractivity contribution is 0.290. The van der Waals surface area contributed by atoms with Crippen LogP contribution in [0, 0.1) is 5.92 Å². The Bertz CT molecular complexity index is 394. The Balaban J connectivity index is 2.90. The molecule has 0 bridgehead atoms. The minimum absolute atomic E-state index is 0.629. The molecule has 1 aromatic carbocycles. The van der Waals surface area contributed by atoms with Crippen LogP contribution in [-0.4, -0.2) is 20.3 Å². The molecule has 0 unspecified atom stereocenters. The average Bonchev–Trinajstić information content (AvgIpc) is 2.38. The van der Waals surface area contributed by atoms with Crippen molar-refractivity contribution in [3.05, 3.63) is 22.2 Å². The summed E-state index contributed by atoms with van der Waals surface area (Å²) < 4.78 is 12.3. The second kappa shape index (κ2) is 8.43. The Labute approximate surface area is 124 Å². The molecule has 0 atom stereocenters. The topological polar surface area (TPSA) is 30.5 Å². The van der Waals surface area contributed by atoms with Crippen LogP contribution in [0.4, 0.5) is 0 Å². The molecule has 0 radical (unpaired) electrons. The molecule has 1 N–H and O–H groups in total. The zero-order valence-electron chi connectivity index (χ0n) is 12.3. The molecule has 108 valence electrons. The van der Waals surface area contributed by atoms with E-state index in [4.69, 9.17) is 9.47 Å². The summed E-state index contributed by atoms with van der Waals surface area (Å²) in [6.45, 7) is 8.95. The van der Waals surface area contributed by atoms with Crippen LogP contribution >= 0.6 is 15.9 Å². The zero-order valence-corrected chi connectivity index (χ0v) is 13.8. The van der Waals surface area contributed by atoms with E-state index in [1.165, 1.54) is 0 Å². The fourth-order valence-corrected chi connectivity index (χ4v) is 2.21. The van der Waals surface area contributed by atoms with Gasteiger partial charge in [-0.25, -0.2) is 0 Å². The van der Waals surface area contributed by atoms with Gasteiger partial charge in [0.2, 0.25) is 0 Å². The number of rotatable bonds is 8. The van der Waals surface area contributed by atoms with Gasteiger partial charge < -0.3 is 14.8 Å². The molecule has 0 heterocycles. The van der Waals surface area contributed by atoms with Crippen LogP contribution in [0.5, 0.6) is 11.5 Å². The van der Waals surface area contributed by atoms with Crippen LogP contribution in [-0.2, 0) is 6.54 Å². The van der Waals surface area contributed by atoms with Gasteiger partial charge in [-0.05, 0) is 31.0 Å². The number of halogens is 1. The van der Waals surface area contributed by atoms with Gasteiger partial charge in [-0.15, -0.1) is 0 Å². The van der Waals surface area contributed by atoms with Crippen molar-refractivity contribution in [2.75, 3.05) is 20.3 Å². The summed E-state index contributed by atoms with van der Waals surface area (Å²) >= 11 is 3.59. The molecular weight excluding hydrogens is 306 g/mol. The second-order valence-corrected chi connectivity index (χ2v) is 5.78. The van der Waals surface area contributed by atoms with Crippen molar-refractivity contribution >= 4 is 15.9 Å². The molecule has 0 aliphatic rings. The first-order chi connectivity index (χ1) is 9.10. The van der Waals surface area contributed by atoms with Crippen molar-refractivity contribution in [1.29, 1.82) is 0 Å². The van der Waals surface area contributed by atoms with E-state index in [2.05, 4.69) is 42.0 Å². The maximum Gasteiger partial charge on any atom is 0.166 e. The van der Waals surface area contributed by atoms with E-state index in [-0.39, 0.29) is 0 Å². The molecule has 0 aliphatic heterocycles. The maximum atomic E-state index is 5.85. The molecular formula is C15H24BrNO2. The Morgan fingerprint density at radius 2 is 2.05 bits per heavy atom. The highest BCUT2D eigenvalue weighted by Gasteiger charge is 2.14. The molecule has 19 heavy (non-hydrogen) atoms. The summed E-state index contributed by atoms with van der Waals surface area (Å²) in [5.41, 5.74) is 1.12. The Hall–Kier alpha value is -0.740. The van der Waals surface area contributed by atoms with Crippen LogP contribution in [0.15, 0.2) is 16.6 Å². The SMILES string of the molecule is CCCOc1c(OC)ccc(Br)c1CNCC(C)C. The van der Waals surface area contributed by atoms with E-state index in [1.54, 1.807) is 7.11 Å². The third kappa shape index (κ3) is 5.03. The highest BCUT2D eigenvalue weighted by atomic mass is 79.9. The fraction of sp³-hybridized carbons (Fsp3) is 0.600. The van der Waals surface area contributed by atoms with E-state index in [0.29, 0.717) is 12.5 Å². The van der Waals surface area contributed by atoms with Crippen molar-refractivity contribution in [1.82, 2.24) is 5.32 Å². The molecule has 0 amide bonds. The Kier molecular flexibility index (Phi) is 7.24. The highest BCUT2D eigenvalue weighted by Crippen LogP contribution is 2.36. The second-order valence-electron chi connectivity index (χ2n) is 4.93. The van der Waals surface area contributed by atoms with Crippen LogP contribution < -0.4 is 14.8 Å². The summed E-state index contributed by atoms with van der Waals surface area (Å²) in [7, 11) is 1.67. The first-order valence-electron chi connectivity index (χ1n) is 6.79. The number of nitrogens with one attached hydrogen (secondary N) is 1. The van der Waals surface area contributed by atoms with Crippen LogP contribution in [0.3, 0.4) is 0 Å². The third-order valence-corrected chi connectivity index (χ3v) is 3.43. The van der Waals surface area contributed by atoms with Gasteiger partial charge in [0.15, 0.2) is 11.5 Å². The highest BCUT2D eigenvalue weighted by molar-refractivity contribution is 9.10. The standard InChI is InChI=1S/C15H24BrNO2/c1-5-8-19-15-12(10-17-9-11(2)3)13(16)6-7-14(15)18-4/h6-7,11,17H,5,8-10H2,1-4H3. The van der Waals surface area contributed by atoms with Gasteiger partial charge in [-0.3, -0.25) is 0 Å². The maximum absolute atomic E-state index is 5.85. The molecule has 0 saturated heterocycles. The minimum atomic E-state index is 0.629. The number of methoxy groups -OCH3 is 1. The van der Waals surface area contributed by atoms with Crippen molar-refractivity contribution < 1.29 is 9.47 Å². The Morgan fingerprint density at radius 3 is 2.63 bits per heavy atom.